The van der Waals surface area contributed by atoms with Gasteiger partial charge in [-0.05, 0) is 38.0 Å². The predicted octanol–water partition coefficient (Wildman–Crippen LogP) is 2.13. The highest BCUT2D eigenvalue weighted by Crippen LogP contribution is 2.35. The third kappa shape index (κ3) is 3.48. The maximum absolute atomic E-state index is 12.3. The van der Waals surface area contributed by atoms with E-state index in [1.165, 1.54) is 0 Å². The van der Waals surface area contributed by atoms with Gasteiger partial charge in [-0.2, -0.15) is 5.26 Å². The maximum Gasteiger partial charge on any atom is 0.240 e. The average molecular weight is 264 g/mol. The standard InChI is InChI=1S/C15H24N2O2/c16-11-15(7-3-1-2-4-8-15)14(19)17-10-12-5-6-13(18)9-12/h12-13,18H,1-10H2,(H,17,19). The quantitative estimate of drug-likeness (QED) is 0.767. The van der Waals surface area contributed by atoms with E-state index < -0.39 is 5.41 Å². The molecule has 0 saturated heterocycles. The minimum absolute atomic E-state index is 0.0849. The summed E-state index contributed by atoms with van der Waals surface area (Å²) in [5, 5.41) is 21.9. The van der Waals surface area contributed by atoms with Crippen LogP contribution >= 0.6 is 0 Å². The lowest BCUT2D eigenvalue weighted by molar-refractivity contribution is -0.129. The van der Waals surface area contributed by atoms with E-state index in [9.17, 15) is 15.2 Å². The number of amides is 1. The number of aliphatic hydroxyl groups excluding tert-OH is 1. The lowest BCUT2D eigenvalue weighted by atomic mass is 9.81. The highest BCUT2D eigenvalue weighted by molar-refractivity contribution is 5.85. The smallest absolute Gasteiger partial charge is 0.240 e. The number of nitriles is 1. The summed E-state index contributed by atoms with van der Waals surface area (Å²) in [7, 11) is 0. The van der Waals surface area contributed by atoms with E-state index in [4.69, 9.17) is 0 Å². The molecule has 106 valence electrons. The Hall–Kier alpha value is -1.08. The summed E-state index contributed by atoms with van der Waals surface area (Å²) in [6.07, 6.45) is 7.99. The van der Waals surface area contributed by atoms with E-state index in [1.807, 2.05) is 0 Å². The zero-order valence-corrected chi connectivity index (χ0v) is 11.5. The van der Waals surface area contributed by atoms with Crippen molar-refractivity contribution >= 4 is 5.91 Å². The molecular formula is C15H24N2O2. The Morgan fingerprint density at radius 1 is 1.26 bits per heavy atom. The molecule has 0 aromatic rings. The van der Waals surface area contributed by atoms with Gasteiger partial charge in [-0.25, -0.2) is 0 Å². The molecule has 1 amide bonds. The molecule has 4 nitrogen and oxygen atoms in total. The van der Waals surface area contributed by atoms with Crippen molar-refractivity contribution in [2.45, 2.75) is 63.9 Å². The van der Waals surface area contributed by atoms with E-state index in [1.54, 1.807) is 0 Å². The molecule has 2 aliphatic carbocycles. The maximum atomic E-state index is 12.3. The Kier molecular flexibility index (Phi) is 4.81. The number of nitrogens with one attached hydrogen (secondary N) is 1. The molecule has 2 N–H and O–H groups in total. The van der Waals surface area contributed by atoms with Gasteiger partial charge in [0.05, 0.1) is 12.2 Å². The van der Waals surface area contributed by atoms with Crippen LogP contribution in [0.5, 0.6) is 0 Å². The lowest BCUT2D eigenvalue weighted by Gasteiger charge is -2.24. The molecule has 0 heterocycles. The van der Waals surface area contributed by atoms with E-state index >= 15 is 0 Å². The second-order valence-corrected chi connectivity index (χ2v) is 6.15. The fraction of sp³-hybridized carbons (Fsp3) is 0.867. The topological polar surface area (TPSA) is 73.1 Å². The minimum Gasteiger partial charge on any atom is -0.393 e. The van der Waals surface area contributed by atoms with Crippen LogP contribution in [-0.2, 0) is 4.79 Å². The number of rotatable bonds is 3. The summed E-state index contributed by atoms with van der Waals surface area (Å²) in [4.78, 5) is 12.3. The molecule has 2 fully saturated rings. The van der Waals surface area contributed by atoms with E-state index in [0.29, 0.717) is 25.3 Å². The first kappa shape index (κ1) is 14.3. The molecule has 2 atom stereocenters. The lowest BCUT2D eigenvalue weighted by Crippen LogP contribution is -2.41. The summed E-state index contributed by atoms with van der Waals surface area (Å²) in [6.45, 7) is 0.610. The average Bonchev–Trinajstić information content (AvgIpc) is 2.69. The van der Waals surface area contributed by atoms with Gasteiger partial charge in [0.1, 0.15) is 5.41 Å². The van der Waals surface area contributed by atoms with E-state index in [2.05, 4.69) is 11.4 Å². The number of carbonyl (C=O) groups excluding carboxylic acids is 1. The van der Waals surface area contributed by atoms with Crippen molar-refractivity contribution in [3.8, 4) is 6.07 Å². The second kappa shape index (κ2) is 6.38. The Morgan fingerprint density at radius 2 is 1.95 bits per heavy atom. The van der Waals surface area contributed by atoms with Gasteiger partial charge in [0.2, 0.25) is 5.91 Å². The zero-order chi connectivity index (χ0) is 13.7. The highest BCUT2D eigenvalue weighted by Gasteiger charge is 2.39. The molecule has 0 spiro atoms. The predicted molar refractivity (Wildman–Crippen MR) is 72.1 cm³/mol. The Morgan fingerprint density at radius 3 is 2.47 bits per heavy atom. The normalized spacial score (nSPS) is 30.3. The third-order valence-corrected chi connectivity index (χ3v) is 4.67. The van der Waals surface area contributed by atoms with Crippen LogP contribution in [0.4, 0.5) is 0 Å². The molecule has 2 rings (SSSR count). The molecule has 0 bridgehead atoms. The molecule has 0 radical (unpaired) electrons. The molecule has 19 heavy (non-hydrogen) atoms. The number of hydrogen-bond donors (Lipinski definition) is 2. The van der Waals surface area contributed by atoms with Crippen LogP contribution in [0.1, 0.15) is 57.8 Å². The van der Waals surface area contributed by atoms with Crippen LogP contribution in [0.15, 0.2) is 0 Å². The molecule has 2 saturated carbocycles. The first-order chi connectivity index (χ1) is 9.16. The largest absolute Gasteiger partial charge is 0.393 e. The summed E-state index contributed by atoms with van der Waals surface area (Å²) < 4.78 is 0. The number of nitrogens with zero attached hydrogens (tertiary/aromatic N) is 1. The Balaban J connectivity index is 1.88. The molecule has 2 unspecified atom stereocenters. The van der Waals surface area contributed by atoms with Crippen LogP contribution in [0.2, 0.25) is 0 Å². The van der Waals surface area contributed by atoms with Gasteiger partial charge in [-0.1, -0.05) is 25.7 Å². The van der Waals surface area contributed by atoms with Gasteiger partial charge in [-0.3, -0.25) is 4.79 Å². The second-order valence-electron chi connectivity index (χ2n) is 6.15. The van der Waals surface area contributed by atoms with Crippen molar-refractivity contribution in [2.24, 2.45) is 11.3 Å². The van der Waals surface area contributed by atoms with Crippen LogP contribution in [0.25, 0.3) is 0 Å². The SMILES string of the molecule is N#CC1(C(=O)NCC2CCC(O)C2)CCCCCC1. The van der Waals surface area contributed by atoms with Crippen LogP contribution in [-0.4, -0.2) is 23.7 Å². The molecule has 0 aromatic carbocycles. The van der Waals surface area contributed by atoms with E-state index in [0.717, 1.165) is 44.9 Å². The monoisotopic (exact) mass is 264 g/mol. The fourth-order valence-corrected chi connectivity index (χ4v) is 3.36. The van der Waals surface area contributed by atoms with Crippen LogP contribution in [0, 0.1) is 22.7 Å². The van der Waals surface area contributed by atoms with Crippen LogP contribution in [0.3, 0.4) is 0 Å². The molecule has 2 aliphatic rings. The van der Waals surface area contributed by atoms with Crippen LogP contribution < -0.4 is 5.32 Å². The van der Waals surface area contributed by atoms with Gasteiger partial charge in [0, 0.05) is 6.54 Å². The third-order valence-electron chi connectivity index (χ3n) is 4.67. The molecule has 4 heteroatoms. The van der Waals surface area contributed by atoms with Gasteiger partial charge in [0.15, 0.2) is 0 Å². The highest BCUT2D eigenvalue weighted by atomic mass is 16.3. The summed E-state index contributed by atoms with van der Waals surface area (Å²) >= 11 is 0. The van der Waals surface area contributed by atoms with Crippen molar-refractivity contribution in [3.05, 3.63) is 0 Å². The number of hydrogen-bond acceptors (Lipinski definition) is 3. The Labute approximate surface area is 115 Å². The minimum atomic E-state index is -0.798. The van der Waals surface area contributed by atoms with Gasteiger partial charge in [0.25, 0.3) is 0 Å². The van der Waals surface area contributed by atoms with Gasteiger partial charge < -0.3 is 10.4 Å². The van der Waals surface area contributed by atoms with E-state index in [-0.39, 0.29) is 12.0 Å². The molecule has 0 aliphatic heterocycles. The van der Waals surface area contributed by atoms with Gasteiger partial charge in [-0.15, -0.1) is 0 Å². The zero-order valence-electron chi connectivity index (χ0n) is 11.5. The molecule has 0 aromatic heterocycles. The van der Waals surface area contributed by atoms with Crippen molar-refractivity contribution < 1.29 is 9.90 Å². The van der Waals surface area contributed by atoms with Crippen molar-refractivity contribution in [1.82, 2.24) is 5.32 Å². The first-order valence-electron chi connectivity index (χ1n) is 7.54. The fourth-order valence-electron chi connectivity index (χ4n) is 3.36. The van der Waals surface area contributed by atoms with Crippen molar-refractivity contribution in [2.75, 3.05) is 6.54 Å². The summed E-state index contributed by atoms with van der Waals surface area (Å²) in [5.41, 5.74) is -0.798. The Bertz CT molecular complexity index is 354. The van der Waals surface area contributed by atoms with Gasteiger partial charge >= 0.3 is 0 Å². The van der Waals surface area contributed by atoms with Crippen molar-refractivity contribution in [3.63, 3.8) is 0 Å². The summed E-state index contributed by atoms with van der Waals surface area (Å²) in [6, 6.07) is 2.28. The number of carbonyl (C=O) groups is 1. The number of aliphatic hydroxyl groups is 1. The van der Waals surface area contributed by atoms with Crippen molar-refractivity contribution in [1.29, 1.82) is 5.26 Å². The molecular weight excluding hydrogens is 240 g/mol. The first-order valence-corrected chi connectivity index (χ1v) is 7.54. The summed E-state index contributed by atoms with van der Waals surface area (Å²) in [5.74, 6) is 0.291.